The van der Waals surface area contributed by atoms with E-state index >= 15 is 0 Å². The zero-order chi connectivity index (χ0) is 20.4. The van der Waals surface area contributed by atoms with E-state index in [9.17, 15) is 4.79 Å². The Hall–Kier alpha value is -2.09. The molecule has 0 aliphatic heterocycles. The van der Waals surface area contributed by atoms with Gasteiger partial charge in [0.15, 0.2) is 0 Å². The van der Waals surface area contributed by atoms with Crippen LogP contribution in [0.5, 0.6) is 0 Å². The van der Waals surface area contributed by atoms with Crippen molar-refractivity contribution in [2.45, 2.75) is 66.2 Å². The molecule has 0 aliphatic carbocycles. The first kappa shape index (κ1) is 24.9. The molecule has 150 valence electrons. The molecule has 0 saturated carbocycles. The Bertz CT molecular complexity index is 557. The van der Waals surface area contributed by atoms with Crippen molar-refractivity contribution in [1.29, 1.82) is 0 Å². The molecule has 27 heavy (non-hydrogen) atoms. The first-order valence-corrected chi connectivity index (χ1v) is 10.1. The van der Waals surface area contributed by atoms with E-state index in [0.717, 1.165) is 44.1 Å². The number of allylic oxidation sites excluding steroid dienone is 11. The third-order valence-corrected chi connectivity index (χ3v) is 4.03. The molecule has 0 unspecified atom stereocenters. The van der Waals surface area contributed by atoms with Gasteiger partial charge in [0.05, 0.1) is 12.0 Å². The minimum Gasteiger partial charge on any atom is -0.466 e. The highest BCUT2D eigenvalue weighted by Gasteiger charge is 2.28. The normalized spacial score (nSPS) is 13.0. The van der Waals surface area contributed by atoms with Gasteiger partial charge in [0.25, 0.3) is 0 Å². The van der Waals surface area contributed by atoms with Crippen molar-refractivity contribution in [2.24, 2.45) is 5.41 Å². The maximum Gasteiger partial charge on any atom is 0.311 e. The summed E-state index contributed by atoms with van der Waals surface area (Å²) >= 11 is 0. The van der Waals surface area contributed by atoms with Crippen molar-refractivity contribution in [3.05, 3.63) is 72.9 Å². The zero-order valence-electron chi connectivity index (χ0n) is 17.7. The summed E-state index contributed by atoms with van der Waals surface area (Å²) in [6, 6.07) is 0. The number of ether oxygens (including phenoxy) is 1. The quantitative estimate of drug-likeness (QED) is 0.182. The van der Waals surface area contributed by atoms with Crippen LogP contribution in [0, 0.1) is 5.41 Å². The first-order chi connectivity index (χ1) is 12.9. The lowest BCUT2D eigenvalue weighted by atomic mass is 9.86. The van der Waals surface area contributed by atoms with Gasteiger partial charge in [0.1, 0.15) is 0 Å². The largest absolute Gasteiger partial charge is 0.466 e. The van der Waals surface area contributed by atoms with Crippen LogP contribution >= 0.6 is 0 Å². The Kier molecular flexibility index (Phi) is 14.9. The van der Waals surface area contributed by atoms with Gasteiger partial charge in [0, 0.05) is 0 Å². The van der Waals surface area contributed by atoms with Gasteiger partial charge in [-0.25, -0.2) is 0 Å². The summed E-state index contributed by atoms with van der Waals surface area (Å²) in [4.78, 5) is 11.9. The average molecular weight is 371 g/mol. The van der Waals surface area contributed by atoms with Gasteiger partial charge in [-0.3, -0.25) is 4.79 Å². The molecule has 0 saturated heterocycles. The van der Waals surface area contributed by atoms with E-state index in [2.05, 4.69) is 56.0 Å². The summed E-state index contributed by atoms with van der Waals surface area (Å²) in [5, 5.41) is 0. The molecule has 2 nitrogen and oxygen atoms in total. The van der Waals surface area contributed by atoms with Crippen molar-refractivity contribution in [2.75, 3.05) is 6.61 Å². The zero-order valence-corrected chi connectivity index (χ0v) is 17.7. The van der Waals surface area contributed by atoms with Gasteiger partial charge in [-0.2, -0.15) is 0 Å². The van der Waals surface area contributed by atoms with Crippen LogP contribution in [0.2, 0.25) is 0 Å². The number of hydrogen-bond donors (Lipinski definition) is 0. The maximum absolute atomic E-state index is 11.9. The average Bonchev–Trinajstić information content (AvgIpc) is 2.64. The molecule has 0 aliphatic rings. The highest BCUT2D eigenvalue weighted by molar-refractivity contribution is 5.75. The minimum absolute atomic E-state index is 0.138. The van der Waals surface area contributed by atoms with Gasteiger partial charge in [-0.15, -0.1) is 0 Å². The van der Waals surface area contributed by atoms with Crippen LogP contribution in [-0.2, 0) is 9.53 Å². The number of esters is 1. The fraction of sp³-hybridized carbons (Fsp3) is 0.480. The number of carbonyl (C=O) groups is 1. The molecule has 0 aromatic rings. The van der Waals surface area contributed by atoms with E-state index in [1.54, 1.807) is 0 Å². The van der Waals surface area contributed by atoms with Gasteiger partial charge in [-0.1, -0.05) is 79.8 Å². The number of hydrogen-bond acceptors (Lipinski definition) is 2. The van der Waals surface area contributed by atoms with Crippen LogP contribution < -0.4 is 0 Å². The fourth-order valence-electron chi connectivity index (χ4n) is 2.22. The minimum atomic E-state index is -0.464. The van der Waals surface area contributed by atoms with Crippen LogP contribution in [0.15, 0.2) is 72.9 Å². The predicted molar refractivity (Wildman–Crippen MR) is 119 cm³/mol. The topological polar surface area (TPSA) is 26.3 Å². The first-order valence-electron chi connectivity index (χ1n) is 10.1. The Morgan fingerprint density at radius 2 is 1.44 bits per heavy atom. The summed E-state index contributed by atoms with van der Waals surface area (Å²) in [6.45, 7) is 12.3. The van der Waals surface area contributed by atoms with Crippen molar-refractivity contribution in [1.82, 2.24) is 0 Å². The Labute approximate surface area is 167 Å². The fourth-order valence-corrected chi connectivity index (χ4v) is 2.22. The molecule has 0 fully saturated rings. The molecular formula is C25H38O2. The third-order valence-electron chi connectivity index (χ3n) is 4.03. The molecule has 0 atom stereocenters. The molecule has 0 radical (unpaired) electrons. The second-order valence-electron chi connectivity index (χ2n) is 7.08. The Morgan fingerprint density at radius 1 is 0.889 bits per heavy atom. The summed E-state index contributed by atoms with van der Waals surface area (Å²) in [5.74, 6) is -0.138. The van der Waals surface area contributed by atoms with E-state index < -0.39 is 5.41 Å². The SMILES string of the molecule is C=C(/C=C/C=C\C/C=C\C/C=C\C/C=C\CC)CCC(C)(C)C(=O)OCC. The molecule has 0 rings (SSSR count). The van der Waals surface area contributed by atoms with Crippen LogP contribution in [0.25, 0.3) is 0 Å². The van der Waals surface area contributed by atoms with Gasteiger partial charge in [0.2, 0.25) is 0 Å². The molecule has 2 heteroatoms. The molecule has 0 bridgehead atoms. The van der Waals surface area contributed by atoms with Gasteiger partial charge < -0.3 is 4.74 Å². The highest BCUT2D eigenvalue weighted by atomic mass is 16.5. The Balaban J connectivity index is 3.97. The number of carbonyl (C=O) groups excluding carboxylic acids is 1. The van der Waals surface area contributed by atoms with Crippen molar-refractivity contribution < 1.29 is 9.53 Å². The van der Waals surface area contributed by atoms with E-state index in [1.807, 2.05) is 39.0 Å². The van der Waals surface area contributed by atoms with E-state index in [4.69, 9.17) is 4.74 Å². The van der Waals surface area contributed by atoms with Gasteiger partial charge in [-0.05, 0) is 59.3 Å². The molecule has 0 N–H and O–H groups in total. The molecule has 0 spiro atoms. The second kappa shape index (κ2) is 16.1. The van der Waals surface area contributed by atoms with E-state index in [0.29, 0.717) is 6.61 Å². The van der Waals surface area contributed by atoms with E-state index in [1.165, 1.54) is 0 Å². The van der Waals surface area contributed by atoms with Crippen molar-refractivity contribution in [3.63, 3.8) is 0 Å². The lowest BCUT2D eigenvalue weighted by Gasteiger charge is -2.22. The standard InChI is InChI=1S/C25H38O2/c1-6-8-9-10-11-12-13-14-15-16-17-18-19-20-23(3)21-22-25(4,5)24(26)27-7-2/h8-9,11-12,14-15,17-20H,3,6-7,10,13,16,21-22H2,1-2,4-5H3/b9-8-,12-11-,15-14-,18-17-,20-19+. The molecule has 0 aromatic carbocycles. The predicted octanol–water partition coefficient (Wildman–Crippen LogP) is 7.27. The Morgan fingerprint density at radius 3 is 2.00 bits per heavy atom. The van der Waals surface area contributed by atoms with Crippen molar-refractivity contribution in [3.8, 4) is 0 Å². The molecule has 0 aromatic heterocycles. The molecular weight excluding hydrogens is 332 g/mol. The monoisotopic (exact) mass is 370 g/mol. The van der Waals surface area contributed by atoms with Crippen LogP contribution in [0.1, 0.15) is 66.2 Å². The highest BCUT2D eigenvalue weighted by Crippen LogP contribution is 2.26. The summed E-state index contributed by atoms with van der Waals surface area (Å²) < 4.78 is 5.11. The summed E-state index contributed by atoms with van der Waals surface area (Å²) in [6.07, 6.45) is 26.9. The lowest BCUT2D eigenvalue weighted by molar-refractivity contribution is -0.153. The maximum atomic E-state index is 11.9. The third kappa shape index (κ3) is 14.7. The molecule has 0 amide bonds. The number of rotatable bonds is 14. The van der Waals surface area contributed by atoms with Gasteiger partial charge >= 0.3 is 5.97 Å². The lowest BCUT2D eigenvalue weighted by Crippen LogP contribution is -2.26. The van der Waals surface area contributed by atoms with Crippen molar-refractivity contribution >= 4 is 5.97 Å². The van der Waals surface area contributed by atoms with Crippen LogP contribution in [0.3, 0.4) is 0 Å². The van der Waals surface area contributed by atoms with Crippen LogP contribution in [0.4, 0.5) is 0 Å². The summed E-state index contributed by atoms with van der Waals surface area (Å²) in [5.41, 5.74) is 0.559. The smallest absolute Gasteiger partial charge is 0.311 e. The summed E-state index contributed by atoms with van der Waals surface area (Å²) in [7, 11) is 0. The molecule has 0 heterocycles. The second-order valence-corrected chi connectivity index (χ2v) is 7.08. The van der Waals surface area contributed by atoms with Crippen LogP contribution in [-0.4, -0.2) is 12.6 Å². The van der Waals surface area contributed by atoms with E-state index in [-0.39, 0.29) is 5.97 Å².